The van der Waals surface area contributed by atoms with Gasteiger partial charge in [0.1, 0.15) is 17.6 Å². The van der Waals surface area contributed by atoms with E-state index in [-0.39, 0.29) is 17.9 Å². The number of ether oxygens (including phenoxy) is 3. The highest BCUT2D eigenvalue weighted by atomic mass is 16.5. The maximum absolute atomic E-state index is 13.0. The number of amides is 1. The largest absolute Gasteiger partial charge is 0.493 e. The molecule has 162 valence electrons. The predicted octanol–water partition coefficient (Wildman–Crippen LogP) is 3.89. The predicted molar refractivity (Wildman–Crippen MR) is 119 cm³/mol. The summed E-state index contributed by atoms with van der Waals surface area (Å²) in [5, 5.41) is 3.08. The molecule has 0 saturated heterocycles. The molecule has 1 N–H and O–H groups in total. The Labute approximate surface area is 183 Å². The van der Waals surface area contributed by atoms with Crippen molar-refractivity contribution in [1.82, 2.24) is 4.98 Å². The third-order valence-corrected chi connectivity index (χ3v) is 4.76. The van der Waals surface area contributed by atoms with Crippen LogP contribution in [-0.4, -0.2) is 31.7 Å². The van der Waals surface area contributed by atoms with Crippen LogP contribution in [0.4, 0.5) is 5.69 Å². The Kier molecular flexibility index (Phi) is 6.03. The first-order valence-electron chi connectivity index (χ1n) is 9.69. The van der Waals surface area contributed by atoms with Crippen molar-refractivity contribution in [2.24, 2.45) is 0 Å². The summed E-state index contributed by atoms with van der Waals surface area (Å²) in [7, 11) is 3.08. The van der Waals surface area contributed by atoms with E-state index in [1.807, 2.05) is 0 Å². The lowest BCUT2D eigenvalue weighted by Crippen LogP contribution is -2.20. The van der Waals surface area contributed by atoms with Crippen molar-refractivity contribution in [2.75, 3.05) is 26.1 Å². The van der Waals surface area contributed by atoms with Gasteiger partial charge in [-0.05, 0) is 42.0 Å². The van der Waals surface area contributed by atoms with E-state index in [9.17, 15) is 9.59 Å². The number of hydrogen-bond acceptors (Lipinski definition) is 7. The van der Waals surface area contributed by atoms with Crippen molar-refractivity contribution in [2.45, 2.75) is 0 Å². The summed E-state index contributed by atoms with van der Waals surface area (Å²) < 4.78 is 21.8. The Morgan fingerprint density at radius 3 is 2.66 bits per heavy atom. The third-order valence-electron chi connectivity index (χ3n) is 4.76. The number of carbonyl (C=O) groups is 1. The number of aromatic nitrogens is 1. The molecule has 2 heterocycles. The number of anilines is 1. The van der Waals surface area contributed by atoms with E-state index < -0.39 is 0 Å². The van der Waals surface area contributed by atoms with Gasteiger partial charge >= 0.3 is 0 Å². The van der Waals surface area contributed by atoms with Gasteiger partial charge in [-0.2, -0.15) is 0 Å². The monoisotopic (exact) mass is 432 g/mol. The van der Waals surface area contributed by atoms with E-state index in [4.69, 9.17) is 18.6 Å². The van der Waals surface area contributed by atoms with Crippen LogP contribution in [-0.2, 0) is 4.79 Å². The molecular weight excluding hydrogens is 412 g/mol. The van der Waals surface area contributed by atoms with Crippen LogP contribution < -0.4 is 25.0 Å². The highest BCUT2D eigenvalue weighted by Gasteiger charge is 2.13. The Morgan fingerprint density at radius 2 is 1.91 bits per heavy atom. The molecule has 8 nitrogen and oxygen atoms in total. The quantitative estimate of drug-likeness (QED) is 0.473. The molecular formula is C24H20N2O6. The molecule has 32 heavy (non-hydrogen) atoms. The van der Waals surface area contributed by atoms with Gasteiger partial charge in [-0.15, -0.1) is 0 Å². The van der Waals surface area contributed by atoms with Crippen LogP contribution in [0, 0.1) is 0 Å². The molecule has 8 heteroatoms. The minimum absolute atomic E-state index is 0.195. The molecule has 4 rings (SSSR count). The fraction of sp³-hybridized carbons (Fsp3) is 0.125. The molecule has 0 saturated carbocycles. The second-order valence-electron chi connectivity index (χ2n) is 6.78. The summed E-state index contributed by atoms with van der Waals surface area (Å²) in [6.45, 7) is -0.200. The molecule has 0 aliphatic heterocycles. The average Bonchev–Trinajstić information content (AvgIpc) is 2.83. The minimum atomic E-state index is -0.330. The summed E-state index contributed by atoms with van der Waals surface area (Å²) in [5.74, 6) is 1.15. The topological polar surface area (TPSA) is 99.9 Å². The maximum atomic E-state index is 13.0. The minimum Gasteiger partial charge on any atom is -0.493 e. The highest BCUT2D eigenvalue weighted by molar-refractivity contribution is 5.91. The number of nitrogens with one attached hydrogen (secondary N) is 1. The van der Waals surface area contributed by atoms with Crippen molar-refractivity contribution in [3.8, 4) is 28.4 Å². The first-order chi connectivity index (χ1) is 15.6. The number of pyridine rings is 1. The number of fused-ring (bicyclic) bond motifs is 1. The zero-order chi connectivity index (χ0) is 22.5. The molecule has 1 amide bonds. The Morgan fingerprint density at radius 1 is 1.06 bits per heavy atom. The smallest absolute Gasteiger partial charge is 0.262 e. The van der Waals surface area contributed by atoms with Crippen LogP contribution in [0.5, 0.6) is 17.2 Å². The van der Waals surface area contributed by atoms with Crippen LogP contribution in [0.3, 0.4) is 0 Å². The van der Waals surface area contributed by atoms with E-state index >= 15 is 0 Å². The lowest BCUT2D eigenvalue weighted by molar-refractivity contribution is -0.118. The highest BCUT2D eigenvalue weighted by Crippen LogP contribution is 2.32. The summed E-state index contributed by atoms with van der Waals surface area (Å²) >= 11 is 0. The van der Waals surface area contributed by atoms with Crippen molar-refractivity contribution in [3.05, 3.63) is 77.4 Å². The summed E-state index contributed by atoms with van der Waals surface area (Å²) in [4.78, 5) is 29.0. The summed E-state index contributed by atoms with van der Waals surface area (Å²) in [5.41, 5.74) is 1.77. The van der Waals surface area contributed by atoms with Crippen LogP contribution in [0.2, 0.25) is 0 Å². The SMILES string of the molecule is COc1ccc(-c2coc3cc(OCC(=O)Nc4cccnc4)ccc3c2=O)cc1OC. The molecule has 0 atom stereocenters. The van der Waals surface area contributed by atoms with E-state index in [2.05, 4.69) is 10.3 Å². The van der Waals surface area contributed by atoms with Gasteiger partial charge in [-0.1, -0.05) is 6.07 Å². The number of nitrogens with zero attached hydrogens (tertiary/aromatic N) is 1. The van der Waals surface area contributed by atoms with Crippen molar-refractivity contribution in [1.29, 1.82) is 0 Å². The standard InChI is InChI=1S/C24H20N2O6/c1-29-20-8-5-15(10-22(20)30-2)19-13-32-21-11-17(6-7-18(21)24(19)28)31-14-23(27)26-16-4-3-9-25-12-16/h3-13H,14H2,1-2H3,(H,26,27). The maximum Gasteiger partial charge on any atom is 0.262 e. The number of methoxy groups -OCH3 is 2. The first kappa shape index (κ1) is 20.9. The molecule has 0 fully saturated rings. The van der Waals surface area contributed by atoms with Gasteiger partial charge in [-0.25, -0.2) is 0 Å². The number of hydrogen-bond donors (Lipinski definition) is 1. The second-order valence-corrected chi connectivity index (χ2v) is 6.78. The van der Waals surface area contributed by atoms with Gasteiger partial charge in [0, 0.05) is 12.3 Å². The van der Waals surface area contributed by atoms with Crippen LogP contribution in [0.15, 0.2) is 76.4 Å². The van der Waals surface area contributed by atoms with Crippen molar-refractivity contribution in [3.63, 3.8) is 0 Å². The molecule has 2 aromatic heterocycles. The average molecular weight is 432 g/mol. The Hall–Kier alpha value is -4.33. The van der Waals surface area contributed by atoms with Crippen LogP contribution >= 0.6 is 0 Å². The molecule has 0 spiro atoms. The zero-order valence-electron chi connectivity index (χ0n) is 17.5. The van der Waals surface area contributed by atoms with Gasteiger partial charge in [0.05, 0.1) is 37.1 Å². The van der Waals surface area contributed by atoms with Gasteiger partial charge in [-0.3, -0.25) is 14.6 Å². The molecule has 0 aliphatic rings. The lowest BCUT2D eigenvalue weighted by Gasteiger charge is -2.10. The molecule has 0 aliphatic carbocycles. The van der Waals surface area contributed by atoms with Crippen molar-refractivity contribution >= 4 is 22.6 Å². The molecule has 0 radical (unpaired) electrons. The van der Waals surface area contributed by atoms with E-state index in [1.165, 1.54) is 13.4 Å². The normalized spacial score (nSPS) is 10.6. The van der Waals surface area contributed by atoms with Gasteiger partial charge in [0.25, 0.3) is 5.91 Å². The number of benzene rings is 2. The van der Waals surface area contributed by atoms with Gasteiger partial charge in [0.15, 0.2) is 23.5 Å². The molecule has 2 aromatic carbocycles. The number of carbonyl (C=O) groups excluding carboxylic acids is 1. The fourth-order valence-corrected chi connectivity index (χ4v) is 3.18. The fourth-order valence-electron chi connectivity index (χ4n) is 3.18. The van der Waals surface area contributed by atoms with E-state index in [0.717, 1.165) is 0 Å². The second kappa shape index (κ2) is 9.22. The Bertz CT molecular complexity index is 1320. The summed E-state index contributed by atoms with van der Waals surface area (Å²) in [6.07, 6.45) is 4.55. The summed E-state index contributed by atoms with van der Waals surface area (Å²) in [6, 6.07) is 13.5. The Balaban J connectivity index is 1.53. The molecule has 0 unspecified atom stereocenters. The van der Waals surface area contributed by atoms with Crippen LogP contribution in [0.1, 0.15) is 0 Å². The van der Waals surface area contributed by atoms with Crippen molar-refractivity contribution < 1.29 is 23.4 Å². The number of rotatable bonds is 7. The van der Waals surface area contributed by atoms with E-state index in [0.29, 0.717) is 45.0 Å². The zero-order valence-corrected chi connectivity index (χ0v) is 17.5. The molecule has 4 aromatic rings. The van der Waals surface area contributed by atoms with Crippen LogP contribution in [0.25, 0.3) is 22.1 Å². The first-order valence-corrected chi connectivity index (χ1v) is 9.69. The molecule has 0 bridgehead atoms. The van der Waals surface area contributed by atoms with Gasteiger partial charge < -0.3 is 23.9 Å². The third kappa shape index (κ3) is 4.39. The van der Waals surface area contributed by atoms with Gasteiger partial charge in [0.2, 0.25) is 0 Å². The lowest BCUT2D eigenvalue weighted by atomic mass is 10.0. The van der Waals surface area contributed by atoms with E-state index in [1.54, 1.807) is 68.0 Å².